The molecule has 2 N–H and O–H groups in total. The number of aliphatic hydroxyl groups excluding tert-OH is 1. The van der Waals surface area contributed by atoms with E-state index >= 15 is 0 Å². The molecule has 5 heteroatoms. The third-order valence-electron chi connectivity index (χ3n) is 2.31. The van der Waals surface area contributed by atoms with Gasteiger partial charge >= 0.3 is 0 Å². The Morgan fingerprint density at radius 2 is 2.00 bits per heavy atom. The zero-order valence-corrected chi connectivity index (χ0v) is 9.63. The molecular formula is C10H15NO3S. The summed E-state index contributed by atoms with van der Waals surface area (Å²) in [6.07, 6.45) is 0.774. The highest BCUT2D eigenvalue weighted by Gasteiger charge is 2.12. The van der Waals surface area contributed by atoms with E-state index in [2.05, 4.69) is 4.72 Å². The first-order valence-corrected chi connectivity index (χ1v) is 6.19. The molecule has 15 heavy (non-hydrogen) atoms. The molecular weight excluding hydrogens is 214 g/mol. The van der Waals surface area contributed by atoms with Gasteiger partial charge in [0.25, 0.3) is 0 Å². The Hall–Kier alpha value is -0.910. The van der Waals surface area contributed by atoms with Crippen molar-refractivity contribution < 1.29 is 13.5 Å². The van der Waals surface area contributed by atoms with Crippen LogP contribution >= 0.6 is 0 Å². The van der Waals surface area contributed by atoms with Crippen molar-refractivity contribution in [1.29, 1.82) is 0 Å². The highest BCUT2D eigenvalue weighted by atomic mass is 32.2. The van der Waals surface area contributed by atoms with Gasteiger partial charge in [-0.2, -0.15) is 0 Å². The van der Waals surface area contributed by atoms with Gasteiger partial charge in [-0.3, -0.25) is 0 Å². The molecule has 0 atom stereocenters. The van der Waals surface area contributed by atoms with Gasteiger partial charge in [-0.05, 0) is 36.7 Å². The molecule has 0 aliphatic carbocycles. The molecule has 0 spiro atoms. The predicted molar refractivity (Wildman–Crippen MR) is 58.0 cm³/mol. The predicted octanol–water partition coefficient (Wildman–Crippen LogP) is 0.649. The third-order valence-corrected chi connectivity index (χ3v) is 3.72. The van der Waals surface area contributed by atoms with Crippen molar-refractivity contribution in [3.05, 3.63) is 29.3 Å². The molecule has 0 aliphatic rings. The fourth-order valence-corrected chi connectivity index (χ4v) is 2.16. The summed E-state index contributed by atoms with van der Waals surface area (Å²) >= 11 is 0. The normalized spacial score (nSPS) is 11.7. The Morgan fingerprint density at radius 3 is 2.47 bits per heavy atom. The summed E-state index contributed by atoms with van der Waals surface area (Å²) in [6, 6.07) is 4.78. The number of aliphatic hydroxyl groups is 1. The highest BCUT2D eigenvalue weighted by Crippen LogP contribution is 2.16. The maximum Gasteiger partial charge on any atom is 0.240 e. The van der Waals surface area contributed by atoms with Crippen LogP contribution in [0, 0.1) is 0 Å². The van der Waals surface area contributed by atoms with Crippen LogP contribution in [0.25, 0.3) is 0 Å². The Morgan fingerprint density at radius 1 is 1.33 bits per heavy atom. The van der Waals surface area contributed by atoms with Crippen LogP contribution in [0.4, 0.5) is 0 Å². The van der Waals surface area contributed by atoms with Crippen molar-refractivity contribution in [3.63, 3.8) is 0 Å². The van der Waals surface area contributed by atoms with Gasteiger partial charge in [0.05, 0.1) is 11.5 Å². The average molecular weight is 229 g/mol. The van der Waals surface area contributed by atoms with Crippen LogP contribution in [0.15, 0.2) is 23.1 Å². The molecule has 4 nitrogen and oxygen atoms in total. The lowest BCUT2D eigenvalue weighted by atomic mass is 10.1. The molecule has 0 bridgehead atoms. The summed E-state index contributed by atoms with van der Waals surface area (Å²) in [7, 11) is -2.05. The second-order valence-electron chi connectivity index (χ2n) is 3.15. The minimum Gasteiger partial charge on any atom is -0.392 e. The maximum atomic E-state index is 11.5. The molecule has 0 aromatic heterocycles. The van der Waals surface area contributed by atoms with Gasteiger partial charge in [0.2, 0.25) is 10.0 Å². The summed E-state index contributed by atoms with van der Waals surface area (Å²) in [5.41, 5.74) is 1.63. The second-order valence-corrected chi connectivity index (χ2v) is 5.04. The molecule has 0 aliphatic heterocycles. The van der Waals surface area contributed by atoms with Crippen LogP contribution in [0.1, 0.15) is 18.1 Å². The fraction of sp³-hybridized carbons (Fsp3) is 0.400. The van der Waals surface area contributed by atoms with Crippen LogP contribution < -0.4 is 4.72 Å². The standard InChI is InChI=1S/C10H15NO3S/c1-3-8-4-5-10(6-9(8)7-12)15(13,14)11-2/h4-6,11-12H,3,7H2,1-2H3. The van der Waals surface area contributed by atoms with E-state index in [4.69, 9.17) is 5.11 Å². The molecule has 0 fully saturated rings. The lowest BCUT2D eigenvalue weighted by Gasteiger charge is -2.08. The first kappa shape index (κ1) is 12.2. The van der Waals surface area contributed by atoms with Crippen molar-refractivity contribution in [2.75, 3.05) is 7.05 Å². The summed E-state index contributed by atoms with van der Waals surface area (Å²) in [5, 5.41) is 9.10. The summed E-state index contributed by atoms with van der Waals surface area (Å²) in [5.74, 6) is 0. The van der Waals surface area contributed by atoms with E-state index in [9.17, 15) is 8.42 Å². The number of hydrogen-bond acceptors (Lipinski definition) is 3. The van der Waals surface area contributed by atoms with Crippen LogP contribution in [-0.2, 0) is 23.1 Å². The van der Waals surface area contributed by atoms with Crippen molar-refractivity contribution >= 4 is 10.0 Å². The maximum absolute atomic E-state index is 11.5. The molecule has 0 unspecified atom stereocenters. The van der Waals surface area contributed by atoms with Crippen molar-refractivity contribution in [2.24, 2.45) is 0 Å². The molecule has 1 aromatic rings. The van der Waals surface area contributed by atoms with E-state index in [1.54, 1.807) is 12.1 Å². The van der Waals surface area contributed by atoms with Gasteiger partial charge in [0.1, 0.15) is 0 Å². The van der Waals surface area contributed by atoms with Crippen molar-refractivity contribution in [2.45, 2.75) is 24.8 Å². The summed E-state index contributed by atoms with van der Waals surface area (Å²) in [6.45, 7) is 1.82. The van der Waals surface area contributed by atoms with E-state index in [-0.39, 0.29) is 11.5 Å². The molecule has 0 saturated carbocycles. The van der Waals surface area contributed by atoms with E-state index in [0.29, 0.717) is 5.56 Å². The zero-order valence-electron chi connectivity index (χ0n) is 8.82. The third kappa shape index (κ3) is 2.56. The summed E-state index contributed by atoms with van der Waals surface area (Å²) < 4.78 is 25.2. The first-order valence-electron chi connectivity index (χ1n) is 4.71. The highest BCUT2D eigenvalue weighted by molar-refractivity contribution is 7.89. The average Bonchev–Trinajstić information content (AvgIpc) is 2.28. The van der Waals surface area contributed by atoms with Crippen LogP contribution in [0.2, 0.25) is 0 Å². The lowest BCUT2D eigenvalue weighted by molar-refractivity contribution is 0.280. The van der Waals surface area contributed by atoms with E-state index in [0.717, 1.165) is 12.0 Å². The van der Waals surface area contributed by atoms with Gasteiger partial charge in [-0.15, -0.1) is 0 Å². The van der Waals surface area contributed by atoms with E-state index in [1.165, 1.54) is 13.1 Å². The van der Waals surface area contributed by atoms with Gasteiger partial charge in [-0.25, -0.2) is 13.1 Å². The van der Waals surface area contributed by atoms with E-state index in [1.807, 2.05) is 6.92 Å². The van der Waals surface area contributed by atoms with Gasteiger partial charge in [0, 0.05) is 0 Å². The van der Waals surface area contributed by atoms with Gasteiger partial charge in [0.15, 0.2) is 0 Å². The largest absolute Gasteiger partial charge is 0.392 e. The lowest BCUT2D eigenvalue weighted by Crippen LogP contribution is -2.18. The zero-order chi connectivity index (χ0) is 11.5. The number of sulfonamides is 1. The van der Waals surface area contributed by atoms with Gasteiger partial charge < -0.3 is 5.11 Å². The molecule has 1 aromatic carbocycles. The smallest absolute Gasteiger partial charge is 0.240 e. The topological polar surface area (TPSA) is 66.4 Å². The Balaban J connectivity index is 3.26. The van der Waals surface area contributed by atoms with Crippen LogP contribution in [0.5, 0.6) is 0 Å². The Kier molecular flexibility index (Phi) is 3.84. The second kappa shape index (κ2) is 4.74. The first-order chi connectivity index (χ1) is 7.05. The van der Waals surface area contributed by atoms with Crippen LogP contribution in [0.3, 0.4) is 0 Å². The Labute approximate surface area is 90.0 Å². The minimum atomic E-state index is -3.42. The van der Waals surface area contributed by atoms with Gasteiger partial charge in [-0.1, -0.05) is 13.0 Å². The van der Waals surface area contributed by atoms with E-state index < -0.39 is 10.0 Å². The molecule has 0 saturated heterocycles. The van der Waals surface area contributed by atoms with Crippen LogP contribution in [-0.4, -0.2) is 20.6 Å². The molecule has 0 heterocycles. The number of rotatable bonds is 4. The molecule has 0 radical (unpaired) electrons. The number of hydrogen-bond donors (Lipinski definition) is 2. The molecule has 84 valence electrons. The Bertz CT molecular complexity index is 440. The molecule has 0 amide bonds. The molecule has 1 rings (SSSR count). The van der Waals surface area contributed by atoms with Crippen molar-refractivity contribution in [3.8, 4) is 0 Å². The number of aryl methyl sites for hydroxylation is 1. The monoisotopic (exact) mass is 229 g/mol. The minimum absolute atomic E-state index is 0.143. The van der Waals surface area contributed by atoms with Crippen molar-refractivity contribution in [1.82, 2.24) is 4.72 Å². The number of nitrogens with one attached hydrogen (secondary N) is 1. The number of benzene rings is 1. The fourth-order valence-electron chi connectivity index (χ4n) is 1.38. The summed E-state index contributed by atoms with van der Waals surface area (Å²) in [4.78, 5) is 0.186. The SMILES string of the molecule is CCc1ccc(S(=O)(=O)NC)cc1CO. The quantitative estimate of drug-likeness (QED) is 0.796.